The zero-order valence-electron chi connectivity index (χ0n) is 11.3. The van der Waals surface area contributed by atoms with E-state index in [2.05, 4.69) is 38.1 Å². The average Bonchev–Trinajstić information content (AvgIpc) is 2.28. The Labute approximate surface area is 105 Å². The summed E-state index contributed by atoms with van der Waals surface area (Å²) in [6.07, 6.45) is 5.55. The smallest absolute Gasteiger partial charge is 0.130 e. The van der Waals surface area contributed by atoms with Gasteiger partial charge in [-0.3, -0.25) is 0 Å². The van der Waals surface area contributed by atoms with Gasteiger partial charge in [0.2, 0.25) is 0 Å². The van der Waals surface area contributed by atoms with Crippen molar-refractivity contribution in [3.05, 3.63) is 35.4 Å². The molecule has 0 heterocycles. The van der Waals surface area contributed by atoms with Crippen LogP contribution in [0.5, 0.6) is 0 Å². The molecule has 0 bridgehead atoms. The number of benzene rings is 1. The summed E-state index contributed by atoms with van der Waals surface area (Å²) in [4.78, 5) is 11.4. The molecule has 0 radical (unpaired) electrons. The second-order valence-electron chi connectivity index (χ2n) is 4.96. The average molecular weight is 232 g/mol. The molecule has 1 rings (SSSR count). The lowest BCUT2D eigenvalue weighted by atomic mass is 9.86. The van der Waals surface area contributed by atoms with Gasteiger partial charge in [0.25, 0.3) is 0 Å². The molecule has 0 aliphatic heterocycles. The van der Waals surface area contributed by atoms with Gasteiger partial charge in [-0.1, -0.05) is 50.5 Å². The van der Waals surface area contributed by atoms with Crippen LogP contribution in [0.25, 0.3) is 0 Å². The molecule has 0 amide bonds. The van der Waals surface area contributed by atoms with Crippen LogP contribution < -0.4 is 0 Å². The number of hydrogen-bond donors (Lipinski definition) is 0. The zero-order valence-corrected chi connectivity index (χ0v) is 11.3. The molecular weight excluding hydrogens is 208 g/mol. The van der Waals surface area contributed by atoms with Gasteiger partial charge >= 0.3 is 0 Å². The summed E-state index contributed by atoms with van der Waals surface area (Å²) in [5, 5.41) is 0. The fourth-order valence-electron chi connectivity index (χ4n) is 2.40. The Hall–Kier alpha value is -1.11. The number of ketones is 1. The number of unbranched alkanes of at least 4 members (excludes halogenated alkanes) is 2. The lowest BCUT2D eigenvalue weighted by molar-refractivity contribution is -0.117. The largest absolute Gasteiger partial charge is 0.300 e. The summed E-state index contributed by atoms with van der Waals surface area (Å²) < 4.78 is 0. The topological polar surface area (TPSA) is 17.1 Å². The van der Waals surface area contributed by atoms with Crippen LogP contribution >= 0.6 is 0 Å². The van der Waals surface area contributed by atoms with E-state index in [9.17, 15) is 4.79 Å². The maximum atomic E-state index is 11.4. The summed E-state index contributed by atoms with van der Waals surface area (Å²) in [6.45, 7) is 6.06. The van der Waals surface area contributed by atoms with E-state index < -0.39 is 0 Å². The maximum Gasteiger partial charge on any atom is 0.130 e. The van der Waals surface area contributed by atoms with Crippen LogP contribution in [-0.4, -0.2) is 5.78 Å². The van der Waals surface area contributed by atoms with Gasteiger partial charge in [-0.25, -0.2) is 0 Å². The van der Waals surface area contributed by atoms with Crippen molar-refractivity contribution in [3.63, 3.8) is 0 Å². The molecule has 0 aromatic heterocycles. The van der Waals surface area contributed by atoms with Crippen molar-refractivity contribution in [2.75, 3.05) is 0 Å². The standard InChI is InChI=1S/C16H24O/c1-4-5-6-10-15(12-14(3)17)16-11-8-7-9-13(16)2/h7-9,11,15H,4-6,10,12H2,1-3H3/t15-/m0/s1. The second kappa shape index (κ2) is 7.26. The van der Waals surface area contributed by atoms with E-state index in [0.29, 0.717) is 18.1 Å². The number of carbonyl (C=O) groups excluding carboxylic acids is 1. The lowest BCUT2D eigenvalue weighted by Crippen LogP contribution is -2.06. The van der Waals surface area contributed by atoms with Gasteiger partial charge in [0.05, 0.1) is 0 Å². The highest BCUT2D eigenvalue weighted by Crippen LogP contribution is 2.28. The summed E-state index contributed by atoms with van der Waals surface area (Å²) in [5.41, 5.74) is 2.68. The van der Waals surface area contributed by atoms with Gasteiger partial charge in [-0.2, -0.15) is 0 Å². The minimum absolute atomic E-state index is 0.301. The predicted molar refractivity (Wildman–Crippen MR) is 73.4 cm³/mol. The van der Waals surface area contributed by atoms with Gasteiger partial charge in [-0.05, 0) is 37.3 Å². The Morgan fingerprint density at radius 2 is 1.94 bits per heavy atom. The van der Waals surface area contributed by atoms with Crippen molar-refractivity contribution in [1.29, 1.82) is 0 Å². The molecule has 0 unspecified atom stereocenters. The molecular formula is C16H24O. The SMILES string of the molecule is CCCCC[C@@H](CC(C)=O)c1ccccc1C. The molecule has 1 aromatic carbocycles. The Balaban J connectivity index is 2.75. The van der Waals surface area contributed by atoms with Crippen molar-refractivity contribution < 1.29 is 4.79 Å². The van der Waals surface area contributed by atoms with E-state index in [0.717, 1.165) is 6.42 Å². The normalized spacial score (nSPS) is 12.4. The third-order valence-electron chi connectivity index (χ3n) is 3.32. The monoisotopic (exact) mass is 232 g/mol. The molecule has 1 aromatic rings. The Bertz CT molecular complexity index is 354. The Morgan fingerprint density at radius 1 is 1.24 bits per heavy atom. The summed E-state index contributed by atoms with van der Waals surface area (Å²) >= 11 is 0. The third kappa shape index (κ3) is 4.72. The molecule has 0 saturated heterocycles. The first-order chi connectivity index (χ1) is 8.15. The van der Waals surface area contributed by atoms with Gasteiger partial charge in [0, 0.05) is 6.42 Å². The van der Waals surface area contributed by atoms with Crippen LogP contribution in [0.1, 0.15) is 63.0 Å². The molecule has 17 heavy (non-hydrogen) atoms. The van der Waals surface area contributed by atoms with Crippen LogP contribution in [0.4, 0.5) is 0 Å². The fourth-order valence-corrected chi connectivity index (χ4v) is 2.40. The number of carbonyl (C=O) groups is 1. The molecule has 1 nitrogen and oxygen atoms in total. The van der Waals surface area contributed by atoms with Crippen LogP contribution in [0.15, 0.2) is 24.3 Å². The molecule has 0 N–H and O–H groups in total. The van der Waals surface area contributed by atoms with Crippen molar-refractivity contribution in [3.8, 4) is 0 Å². The highest BCUT2D eigenvalue weighted by atomic mass is 16.1. The van der Waals surface area contributed by atoms with Crippen molar-refractivity contribution in [2.24, 2.45) is 0 Å². The van der Waals surface area contributed by atoms with Gasteiger partial charge in [-0.15, -0.1) is 0 Å². The van der Waals surface area contributed by atoms with Crippen LogP contribution in [0, 0.1) is 6.92 Å². The van der Waals surface area contributed by atoms with Crippen molar-refractivity contribution in [2.45, 2.75) is 58.8 Å². The summed E-state index contributed by atoms with van der Waals surface area (Å²) in [6, 6.07) is 8.46. The zero-order chi connectivity index (χ0) is 12.7. The molecule has 0 fully saturated rings. The Morgan fingerprint density at radius 3 is 2.53 bits per heavy atom. The highest BCUT2D eigenvalue weighted by Gasteiger charge is 2.15. The van der Waals surface area contributed by atoms with E-state index >= 15 is 0 Å². The minimum atomic E-state index is 0.301. The van der Waals surface area contributed by atoms with Gasteiger partial charge in [0.15, 0.2) is 0 Å². The van der Waals surface area contributed by atoms with Crippen LogP contribution in [0.3, 0.4) is 0 Å². The molecule has 0 aliphatic rings. The first-order valence-corrected chi connectivity index (χ1v) is 6.70. The number of hydrogen-bond acceptors (Lipinski definition) is 1. The Kier molecular flexibility index (Phi) is 5.96. The summed E-state index contributed by atoms with van der Waals surface area (Å²) in [7, 11) is 0. The second-order valence-corrected chi connectivity index (χ2v) is 4.96. The highest BCUT2D eigenvalue weighted by molar-refractivity contribution is 5.76. The first-order valence-electron chi connectivity index (χ1n) is 6.70. The molecule has 0 aliphatic carbocycles. The van der Waals surface area contributed by atoms with Gasteiger partial charge in [0.1, 0.15) is 5.78 Å². The van der Waals surface area contributed by atoms with E-state index in [1.807, 2.05) is 0 Å². The van der Waals surface area contributed by atoms with Crippen LogP contribution in [0.2, 0.25) is 0 Å². The maximum absolute atomic E-state index is 11.4. The number of rotatable bonds is 7. The van der Waals surface area contributed by atoms with E-state index in [4.69, 9.17) is 0 Å². The van der Waals surface area contributed by atoms with Crippen molar-refractivity contribution >= 4 is 5.78 Å². The summed E-state index contributed by atoms with van der Waals surface area (Å²) in [5.74, 6) is 0.718. The minimum Gasteiger partial charge on any atom is -0.300 e. The fraction of sp³-hybridized carbons (Fsp3) is 0.562. The van der Waals surface area contributed by atoms with E-state index in [1.165, 1.54) is 30.4 Å². The van der Waals surface area contributed by atoms with E-state index in [1.54, 1.807) is 6.92 Å². The number of Topliss-reactive ketones (excluding diaryl/α,β-unsaturated/α-hetero) is 1. The molecule has 0 saturated carbocycles. The predicted octanol–water partition coefficient (Wildman–Crippen LogP) is 4.64. The molecule has 94 valence electrons. The lowest BCUT2D eigenvalue weighted by Gasteiger charge is -2.18. The van der Waals surface area contributed by atoms with Crippen molar-refractivity contribution in [1.82, 2.24) is 0 Å². The first kappa shape index (κ1) is 14.0. The molecule has 1 atom stereocenters. The third-order valence-corrected chi connectivity index (χ3v) is 3.32. The van der Waals surface area contributed by atoms with Crippen LogP contribution in [-0.2, 0) is 4.79 Å². The van der Waals surface area contributed by atoms with E-state index in [-0.39, 0.29) is 0 Å². The quantitative estimate of drug-likeness (QED) is 0.626. The number of aryl methyl sites for hydroxylation is 1. The molecule has 1 heteroatoms. The van der Waals surface area contributed by atoms with Gasteiger partial charge < -0.3 is 4.79 Å². The molecule has 0 spiro atoms.